The number of nitrogens with one attached hydrogen (secondary N) is 1. The van der Waals surface area contributed by atoms with Crippen LogP contribution in [0.5, 0.6) is 0 Å². The predicted molar refractivity (Wildman–Crippen MR) is 63.7 cm³/mol. The molecule has 0 aliphatic carbocycles. The van der Waals surface area contributed by atoms with Gasteiger partial charge in [0.25, 0.3) is 0 Å². The molecule has 0 aromatic heterocycles. The minimum Gasteiger partial charge on any atom is -0.394 e. The van der Waals surface area contributed by atoms with E-state index in [0.717, 1.165) is 25.1 Å². The van der Waals surface area contributed by atoms with Gasteiger partial charge in [-0.1, -0.05) is 23.7 Å². The second-order valence-corrected chi connectivity index (χ2v) is 4.52. The number of ether oxygens (including phenoxy) is 1. The van der Waals surface area contributed by atoms with Crippen molar-refractivity contribution in [1.82, 2.24) is 5.32 Å². The third-order valence-electron chi connectivity index (χ3n) is 2.94. The zero-order valence-electron chi connectivity index (χ0n) is 9.08. The van der Waals surface area contributed by atoms with E-state index in [1.54, 1.807) is 0 Å². The van der Waals surface area contributed by atoms with E-state index in [1.165, 1.54) is 0 Å². The van der Waals surface area contributed by atoms with Crippen LogP contribution in [-0.4, -0.2) is 31.5 Å². The summed E-state index contributed by atoms with van der Waals surface area (Å²) >= 11 is 5.86. The fourth-order valence-corrected chi connectivity index (χ4v) is 2.07. The van der Waals surface area contributed by atoms with Gasteiger partial charge in [0.15, 0.2) is 0 Å². The maximum absolute atomic E-state index is 9.61. The molecule has 0 amide bonds. The van der Waals surface area contributed by atoms with Crippen molar-refractivity contribution < 1.29 is 9.84 Å². The average Bonchev–Trinajstić information content (AvgIpc) is 2.56. The minimum atomic E-state index is -0.485. The molecule has 1 saturated heterocycles. The molecule has 1 atom stereocenters. The van der Waals surface area contributed by atoms with Crippen LogP contribution in [-0.2, 0) is 10.3 Å². The molecule has 0 spiro atoms. The van der Waals surface area contributed by atoms with Crippen LogP contribution in [0.4, 0.5) is 0 Å². The lowest BCUT2D eigenvalue weighted by molar-refractivity contribution is 0.0551. The number of benzene rings is 1. The van der Waals surface area contributed by atoms with E-state index in [1.807, 2.05) is 24.3 Å². The quantitative estimate of drug-likeness (QED) is 0.825. The molecule has 1 aromatic carbocycles. The first-order valence-electron chi connectivity index (χ1n) is 5.46. The van der Waals surface area contributed by atoms with Crippen LogP contribution < -0.4 is 5.32 Å². The Kier molecular flexibility index (Phi) is 3.82. The Bertz CT molecular complexity index is 331. The summed E-state index contributed by atoms with van der Waals surface area (Å²) in [5.41, 5.74) is 0.530. The molecule has 1 aliphatic rings. The van der Waals surface area contributed by atoms with Gasteiger partial charge in [-0.25, -0.2) is 0 Å². The second kappa shape index (κ2) is 5.15. The number of hydrogen-bond acceptors (Lipinski definition) is 3. The topological polar surface area (TPSA) is 41.5 Å². The summed E-state index contributed by atoms with van der Waals surface area (Å²) in [6.07, 6.45) is 0.968. The van der Waals surface area contributed by atoms with Gasteiger partial charge in [0.1, 0.15) is 0 Å². The Morgan fingerprint density at radius 1 is 1.38 bits per heavy atom. The molecule has 0 saturated carbocycles. The zero-order chi connectivity index (χ0) is 11.4. The lowest BCUT2D eigenvalue weighted by atomic mass is 9.91. The predicted octanol–water partition coefficient (Wildman–Crippen LogP) is 1.54. The van der Waals surface area contributed by atoms with Crippen LogP contribution in [0.2, 0.25) is 5.02 Å². The van der Waals surface area contributed by atoms with Crippen LogP contribution in [0.25, 0.3) is 0 Å². The monoisotopic (exact) mass is 241 g/mol. The summed E-state index contributed by atoms with van der Waals surface area (Å²) in [5, 5.41) is 13.7. The molecule has 1 fully saturated rings. The van der Waals surface area contributed by atoms with Crippen LogP contribution in [0, 0.1) is 0 Å². The first kappa shape index (κ1) is 11.9. The molecule has 2 rings (SSSR count). The normalized spacial score (nSPS) is 26.4. The lowest BCUT2D eigenvalue weighted by Gasteiger charge is -2.31. The number of aliphatic hydroxyl groups excluding tert-OH is 1. The van der Waals surface area contributed by atoms with Gasteiger partial charge in [-0.05, 0) is 30.7 Å². The van der Waals surface area contributed by atoms with Gasteiger partial charge < -0.3 is 15.2 Å². The molecule has 2 N–H and O–H groups in total. The smallest absolute Gasteiger partial charge is 0.0906 e. The highest BCUT2D eigenvalue weighted by atomic mass is 35.5. The van der Waals surface area contributed by atoms with Gasteiger partial charge in [0, 0.05) is 11.6 Å². The highest BCUT2D eigenvalue weighted by molar-refractivity contribution is 6.30. The third-order valence-corrected chi connectivity index (χ3v) is 3.20. The highest BCUT2D eigenvalue weighted by Gasteiger charge is 2.32. The molecular weight excluding hydrogens is 226 g/mol. The number of aliphatic hydroxyl groups is 1. The minimum absolute atomic E-state index is 0.0225. The molecule has 4 heteroatoms. The Hall–Kier alpha value is -0.610. The van der Waals surface area contributed by atoms with Gasteiger partial charge in [0.05, 0.1) is 18.8 Å². The van der Waals surface area contributed by atoms with Crippen molar-refractivity contribution in [3.8, 4) is 0 Å². The van der Waals surface area contributed by atoms with Crippen molar-refractivity contribution in [3.05, 3.63) is 34.9 Å². The van der Waals surface area contributed by atoms with Gasteiger partial charge >= 0.3 is 0 Å². The summed E-state index contributed by atoms with van der Waals surface area (Å²) in [5.74, 6) is 0. The molecule has 1 heterocycles. The summed E-state index contributed by atoms with van der Waals surface area (Å²) in [7, 11) is 0. The van der Waals surface area contributed by atoms with Crippen molar-refractivity contribution >= 4 is 11.6 Å². The zero-order valence-corrected chi connectivity index (χ0v) is 9.83. The molecular formula is C12H16ClNO2. The fraction of sp³-hybridized carbons (Fsp3) is 0.500. The molecule has 0 radical (unpaired) electrons. The average molecular weight is 242 g/mol. The first-order valence-corrected chi connectivity index (χ1v) is 5.84. The van der Waals surface area contributed by atoms with Crippen molar-refractivity contribution in [3.63, 3.8) is 0 Å². The third kappa shape index (κ3) is 2.38. The molecule has 3 nitrogen and oxygen atoms in total. The summed E-state index contributed by atoms with van der Waals surface area (Å²) < 4.78 is 5.53. The standard InChI is InChI=1S/C12H16ClNO2/c13-11-4-2-10(3-5-11)12(8-15)9-16-7-1-6-14-12/h2-5,14-15H,1,6-9H2. The Morgan fingerprint density at radius 3 is 2.81 bits per heavy atom. The van der Waals surface area contributed by atoms with E-state index < -0.39 is 5.54 Å². The van der Waals surface area contributed by atoms with E-state index in [0.29, 0.717) is 11.6 Å². The molecule has 1 aliphatic heterocycles. The van der Waals surface area contributed by atoms with Crippen molar-refractivity contribution in [2.75, 3.05) is 26.4 Å². The largest absolute Gasteiger partial charge is 0.394 e. The van der Waals surface area contributed by atoms with E-state index >= 15 is 0 Å². The van der Waals surface area contributed by atoms with Crippen LogP contribution in [0.1, 0.15) is 12.0 Å². The molecule has 1 aromatic rings. The van der Waals surface area contributed by atoms with E-state index in [9.17, 15) is 5.11 Å². The lowest BCUT2D eigenvalue weighted by Crippen LogP contribution is -2.48. The van der Waals surface area contributed by atoms with Crippen LogP contribution >= 0.6 is 11.6 Å². The maximum Gasteiger partial charge on any atom is 0.0906 e. The molecule has 16 heavy (non-hydrogen) atoms. The van der Waals surface area contributed by atoms with E-state index in [-0.39, 0.29) is 6.61 Å². The Morgan fingerprint density at radius 2 is 2.12 bits per heavy atom. The number of hydrogen-bond donors (Lipinski definition) is 2. The van der Waals surface area contributed by atoms with E-state index in [4.69, 9.17) is 16.3 Å². The summed E-state index contributed by atoms with van der Waals surface area (Å²) in [6, 6.07) is 7.53. The Labute approximate surface area is 100 Å². The SMILES string of the molecule is OCC1(c2ccc(Cl)cc2)COCCCN1. The van der Waals surface area contributed by atoms with Crippen molar-refractivity contribution in [2.45, 2.75) is 12.0 Å². The van der Waals surface area contributed by atoms with E-state index in [2.05, 4.69) is 5.32 Å². The highest BCUT2D eigenvalue weighted by Crippen LogP contribution is 2.24. The number of rotatable bonds is 2. The van der Waals surface area contributed by atoms with Gasteiger partial charge in [-0.15, -0.1) is 0 Å². The first-order chi connectivity index (χ1) is 7.77. The molecule has 88 valence electrons. The fourth-order valence-electron chi connectivity index (χ4n) is 1.95. The van der Waals surface area contributed by atoms with Gasteiger partial charge in [-0.3, -0.25) is 0 Å². The number of halogens is 1. The van der Waals surface area contributed by atoms with Crippen molar-refractivity contribution in [1.29, 1.82) is 0 Å². The molecule has 0 bridgehead atoms. The van der Waals surface area contributed by atoms with Crippen LogP contribution in [0.3, 0.4) is 0 Å². The molecule has 1 unspecified atom stereocenters. The maximum atomic E-state index is 9.61. The van der Waals surface area contributed by atoms with Crippen LogP contribution in [0.15, 0.2) is 24.3 Å². The van der Waals surface area contributed by atoms with Gasteiger partial charge in [-0.2, -0.15) is 0 Å². The summed E-state index contributed by atoms with van der Waals surface area (Å²) in [6.45, 7) is 2.10. The van der Waals surface area contributed by atoms with Gasteiger partial charge in [0.2, 0.25) is 0 Å². The summed E-state index contributed by atoms with van der Waals surface area (Å²) in [4.78, 5) is 0. The second-order valence-electron chi connectivity index (χ2n) is 4.08. The van der Waals surface area contributed by atoms with Crippen molar-refractivity contribution in [2.24, 2.45) is 0 Å². The Balaban J connectivity index is 2.28.